The van der Waals surface area contributed by atoms with Crippen molar-refractivity contribution in [2.45, 2.75) is 4.90 Å². The highest BCUT2D eigenvalue weighted by Crippen LogP contribution is 2.32. The Morgan fingerprint density at radius 3 is 2.20 bits per heavy atom. The van der Waals surface area contributed by atoms with Gasteiger partial charge in [-0.05, 0) is 54.6 Å². The number of para-hydroxylation sites is 2. The van der Waals surface area contributed by atoms with Crippen LogP contribution in [0.4, 0.5) is 11.4 Å². The van der Waals surface area contributed by atoms with Crippen molar-refractivity contribution in [3.05, 3.63) is 77.3 Å². The maximum atomic E-state index is 13.4. The molecule has 1 N–H and O–H groups in total. The number of methoxy groups -OCH3 is 2. The quantitative estimate of drug-likeness (QED) is 0.509. The first kappa shape index (κ1) is 24.8. The lowest BCUT2D eigenvalue weighted by Gasteiger charge is -2.36. The highest BCUT2D eigenvalue weighted by atomic mass is 35.5. The summed E-state index contributed by atoms with van der Waals surface area (Å²) in [6.45, 7) is 1.68. The molecule has 1 heterocycles. The number of carbonyl (C=O) groups is 1. The SMILES string of the molecule is COc1ccc(S(=O)(=O)N2CCN(c3ccccc3OC)CC2)cc1NC(=O)c1ccc(Cl)cc1. The van der Waals surface area contributed by atoms with Gasteiger partial charge in [0.25, 0.3) is 5.91 Å². The van der Waals surface area contributed by atoms with Crippen molar-refractivity contribution in [1.82, 2.24) is 4.31 Å². The smallest absolute Gasteiger partial charge is 0.255 e. The molecule has 0 atom stereocenters. The number of carbonyl (C=O) groups excluding carboxylic acids is 1. The number of nitrogens with zero attached hydrogens (tertiary/aromatic N) is 2. The number of nitrogens with one attached hydrogen (secondary N) is 1. The van der Waals surface area contributed by atoms with Gasteiger partial charge >= 0.3 is 0 Å². The highest BCUT2D eigenvalue weighted by molar-refractivity contribution is 7.89. The molecule has 0 unspecified atom stereocenters. The Balaban J connectivity index is 1.52. The van der Waals surface area contributed by atoms with E-state index < -0.39 is 15.9 Å². The first-order chi connectivity index (χ1) is 16.8. The largest absolute Gasteiger partial charge is 0.495 e. The number of amides is 1. The lowest BCUT2D eigenvalue weighted by Crippen LogP contribution is -2.48. The van der Waals surface area contributed by atoms with Gasteiger partial charge in [0.2, 0.25) is 10.0 Å². The van der Waals surface area contributed by atoms with Gasteiger partial charge in [-0.15, -0.1) is 0 Å². The fraction of sp³-hybridized carbons (Fsp3) is 0.240. The second kappa shape index (κ2) is 10.6. The average molecular weight is 516 g/mol. The van der Waals surface area contributed by atoms with Crippen LogP contribution in [0.1, 0.15) is 10.4 Å². The first-order valence-corrected chi connectivity index (χ1v) is 12.8. The summed E-state index contributed by atoms with van der Waals surface area (Å²) in [6.07, 6.45) is 0. The van der Waals surface area contributed by atoms with Gasteiger partial charge < -0.3 is 19.7 Å². The van der Waals surface area contributed by atoms with Gasteiger partial charge in [-0.1, -0.05) is 23.7 Å². The minimum Gasteiger partial charge on any atom is -0.495 e. The summed E-state index contributed by atoms with van der Waals surface area (Å²) in [5.41, 5.74) is 1.59. The van der Waals surface area contributed by atoms with E-state index >= 15 is 0 Å². The van der Waals surface area contributed by atoms with Crippen molar-refractivity contribution in [3.8, 4) is 11.5 Å². The standard InChI is InChI=1S/C25H26ClN3O5S/c1-33-23-12-11-20(17-21(23)27-25(30)18-7-9-19(26)10-8-18)35(31,32)29-15-13-28(14-16-29)22-5-3-4-6-24(22)34-2/h3-12,17H,13-16H2,1-2H3,(H,27,30). The second-order valence-corrected chi connectivity index (χ2v) is 10.3. The Morgan fingerprint density at radius 2 is 1.54 bits per heavy atom. The van der Waals surface area contributed by atoms with E-state index in [4.69, 9.17) is 21.1 Å². The van der Waals surface area contributed by atoms with Gasteiger partial charge in [0.15, 0.2) is 0 Å². The maximum Gasteiger partial charge on any atom is 0.255 e. The predicted octanol–water partition coefficient (Wildman–Crippen LogP) is 4.12. The molecule has 35 heavy (non-hydrogen) atoms. The Kier molecular flexibility index (Phi) is 7.49. The van der Waals surface area contributed by atoms with Crippen molar-refractivity contribution < 1.29 is 22.7 Å². The van der Waals surface area contributed by atoms with Crippen molar-refractivity contribution in [1.29, 1.82) is 0 Å². The molecule has 1 saturated heterocycles. The molecular weight excluding hydrogens is 490 g/mol. The third kappa shape index (κ3) is 5.37. The van der Waals surface area contributed by atoms with Crippen LogP contribution in [0.5, 0.6) is 11.5 Å². The summed E-state index contributed by atoms with van der Waals surface area (Å²) in [7, 11) is -0.711. The van der Waals surface area contributed by atoms with Crippen LogP contribution in [0.25, 0.3) is 0 Å². The molecule has 8 nitrogen and oxygen atoms in total. The molecule has 10 heteroatoms. The van der Waals surface area contributed by atoms with Crippen LogP contribution in [-0.2, 0) is 10.0 Å². The second-order valence-electron chi connectivity index (χ2n) is 7.89. The number of benzene rings is 3. The third-order valence-electron chi connectivity index (χ3n) is 5.83. The average Bonchev–Trinajstić information content (AvgIpc) is 2.89. The van der Waals surface area contributed by atoms with Crippen LogP contribution in [0, 0.1) is 0 Å². The van der Waals surface area contributed by atoms with Gasteiger partial charge in [-0.3, -0.25) is 4.79 Å². The van der Waals surface area contributed by atoms with E-state index in [1.165, 1.54) is 29.6 Å². The molecule has 1 aliphatic rings. The summed E-state index contributed by atoms with van der Waals surface area (Å²) in [5, 5.41) is 3.25. The zero-order chi connectivity index (χ0) is 25.0. The normalized spacial score (nSPS) is 14.4. The molecule has 184 valence electrons. The van der Waals surface area contributed by atoms with Crippen LogP contribution in [0.3, 0.4) is 0 Å². The van der Waals surface area contributed by atoms with E-state index in [1.54, 1.807) is 31.4 Å². The van der Waals surface area contributed by atoms with E-state index in [0.717, 1.165) is 11.4 Å². The van der Waals surface area contributed by atoms with E-state index in [9.17, 15) is 13.2 Å². The molecule has 4 rings (SSSR count). The third-order valence-corrected chi connectivity index (χ3v) is 7.97. The monoisotopic (exact) mass is 515 g/mol. The minimum absolute atomic E-state index is 0.0791. The van der Waals surface area contributed by atoms with Crippen molar-refractivity contribution in [2.24, 2.45) is 0 Å². The van der Waals surface area contributed by atoms with Gasteiger partial charge in [0.1, 0.15) is 11.5 Å². The van der Waals surface area contributed by atoms with Gasteiger partial charge in [-0.2, -0.15) is 4.31 Å². The number of piperazine rings is 1. The number of sulfonamides is 1. The summed E-state index contributed by atoms with van der Waals surface area (Å²) >= 11 is 5.90. The topological polar surface area (TPSA) is 88.2 Å². The molecule has 0 radical (unpaired) electrons. The van der Waals surface area contributed by atoms with Crippen molar-refractivity contribution in [2.75, 3.05) is 50.6 Å². The Hall–Kier alpha value is -3.27. The lowest BCUT2D eigenvalue weighted by atomic mass is 10.2. The van der Waals surface area contributed by atoms with E-state index in [2.05, 4.69) is 10.2 Å². The van der Waals surface area contributed by atoms with Gasteiger partial charge in [0.05, 0.1) is 30.5 Å². The number of ether oxygens (including phenoxy) is 2. The molecular formula is C25H26ClN3O5S. The summed E-state index contributed by atoms with van der Waals surface area (Å²) < 4.78 is 39.1. The number of anilines is 2. The fourth-order valence-electron chi connectivity index (χ4n) is 3.95. The van der Waals surface area contributed by atoms with Crippen LogP contribution >= 0.6 is 11.6 Å². The number of hydrogen-bond acceptors (Lipinski definition) is 6. The summed E-state index contributed by atoms with van der Waals surface area (Å²) in [4.78, 5) is 14.9. The molecule has 0 aromatic heterocycles. The summed E-state index contributed by atoms with van der Waals surface area (Å²) in [5.74, 6) is 0.701. The zero-order valence-electron chi connectivity index (χ0n) is 19.4. The van der Waals surface area contributed by atoms with Gasteiger partial charge in [-0.25, -0.2) is 8.42 Å². The molecule has 0 bridgehead atoms. The molecule has 0 saturated carbocycles. The molecule has 0 aliphatic carbocycles. The van der Waals surface area contributed by atoms with Gasteiger partial charge in [0, 0.05) is 36.8 Å². The van der Waals surface area contributed by atoms with Crippen LogP contribution in [0.15, 0.2) is 71.6 Å². The lowest BCUT2D eigenvalue weighted by molar-refractivity contribution is 0.102. The van der Waals surface area contributed by atoms with Crippen molar-refractivity contribution >= 4 is 38.9 Å². The van der Waals surface area contributed by atoms with Crippen LogP contribution < -0.4 is 19.7 Å². The number of rotatable bonds is 7. The number of hydrogen-bond donors (Lipinski definition) is 1. The molecule has 1 aliphatic heterocycles. The molecule has 1 fully saturated rings. The predicted molar refractivity (Wildman–Crippen MR) is 136 cm³/mol. The minimum atomic E-state index is -3.79. The van der Waals surface area contributed by atoms with E-state index in [-0.39, 0.29) is 10.6 Å². The summed E-state index contributed by atoms with van der Waals surface area (Å²) in [6, 6.07) is 18.5. The Bertz CT molecular complexity index is 1310. The van der Waals surface area contributed by atoms with E-state index in [0.29, 0.717) is 42.5 Å². The number of halogens is 1. The highest BCUT2D eigenvalue weighted by Gasteiger charge is 2.30. The Morgan fingerprint density at radius 1 is 0.886 bits per heavy atom. The van der Waals surface area contributed by atoms with Crippen LogP contribution in [-0.4, -0.2) is 59.0 Å². The van der Waals surface area contributed by atoms with E-state index in [1.807, 2.05) is 24.3 Å². The first-order valence-electron chi connectivity index (χ1n) is 11.0. The zero-order valence-corrected chi connectivity index (χ0v) is 21.0. The molecule has 3 aromatic carbocycles. The Labute approximate surface area is 210 Å². The van der Waals surface area contributed by atoms with Crippen molar-refractivity contribution in [3.63, 3.8) is 0 Å². The van der Waals surface area contributed by atoms with Crippen LogP contribution in [0.2, 0.25) is 5.02 Å². The molecule has 3 aromatic rings. The molecule has 1 amide bonds. The maximum absolute atomic E-state index is 13.4. The molecule has 0 spiro atoms. The fourth-order valence-corrected chi connectivity index (χ4v) is 5.53.